The Morgan fingerprint density at radius 1 is 1.12 bits per heavy atom. The molecule has 2 unspecified atom stereocenters. The van der Waals surface area contributed by atoms with E-state index < -0.39 is 5.82 Å². The Morgan fingerprint density at radius 2 is 1.91 bits per heavy atom. The van der Waals surface area contributed by atoms with Crippen LogP contribution in [0.15, 0.2) is 30.6 Å². The van der Waals surface area contributed by atoms with Crippen molar-refractivity contribution in [1.29, 1.82) is 0 Å². The van der Waals surface area contributed by atoms with Crippen molar-refractivity contribution < 1.29 is 13.9 Å². The molecule has 1 saturated heterocycles. The lowest BCUT2D eigenvalue weighted by molar-refractivity contribution is 0.112. The molecule has 2 aromatic heterocycles. The summed E-state index contributed by atoms with van der Waals surface area (Å²) in [5, 5.41) is 4.87. The summed E-state index contributed by atoms with van der Waals surface area (Å²) < 4.78 is 26.3. The molecule has 0 spiro atoms. The first-order chi connectivity index (χ1) is 16.0. The molecule has 2 bridgehead atoms. The van der Waals surface area contributed by atoms with Crippen LogP contribution in [-0.2, 0) is 17.9 Å². The fourth-order valence-electron chi connectivity index (χ4n) is 5.11. The van der Waals surface area contributed by atoms with E-state index in [-0.39, 0.29) is 23.5 Å². The van der Waals surface area contributed by atoms with Crippen LogP contribution in [0.2, 0.25) is 5.02 Å². The van der Waals surface area contributed by atoms with Crippen LogP contribution in [0.25, 0.3) is 0 Å². The first-order valence-corrected chi connectivity index (χ1v) is 11.5. The molecule has 2 aliphatic rings. The molecule has 3 aromatic rings. The monoisotopic (exact) mass is 472 g/mol. The van der Waals surface area contributed by atoms with Gasteiger partial charge in [-0.2, -0.15) is 14.8 Å². The van der Waals surface area contributed by atoms with Gasteiger partial charge in [-0.05, 0) is 49.7 Å². The lowest BCUT2D eigenvalue weighted by Gasteiger charge is -2.38. The molecule has 1 saturated carbocycles. The van der Waals surface area contributed by atoms with E-state index in [1.807, 2.05) is 6.92 Å². The average Bonchev–Trinajstić information content (AvgIpc) is 3.22. The topological polar surface area (TPSA) is 78.2 Å². The van der Waals surface area contributed by atoms with Gasteiger partial charge in [0.1, 0.15) is 30.4 Å². The number of piperidine rings is 1. The molecule has 0 radical (unpaired) electrons. The molecule has 1 aliphatic heterocycles. The Hall–Kier alpha value is -2.78. The van der Waals surface area contributed by atoms with Crippen molar-refractivity contribution in [3.63, 3.8) is 0 Å². The predicted octanol–water partition coefficient (Wildman–Crippen LogP) is 4.27. The maximum Gasteiger partial charge on any atom is 0.322 e. The van der Waals surface area contributed by atoms with Crippen LogP contribution >= 0.6 is 11.6 Å². The highest BCUT2D eigenvalue weighted by Crippen LogP contribution is 2.44. The molecule has 174 valence electrons. The third-order valence-corrected chi connectivity index (χ3v) is 6.76. The molecule has 8 nitrogen and oxygen atoms in total. The van der Waals surface area contributed by atoms with Gasteiger partial charge in [0, 0.05) is 49.5 Å². The van der Waals surface area contributed by atoms with Gasteiger partial charge < -0.3 is 14.4 Å². The van der Waals surface area contributed by atoms with Crippen molar-refractivity contribution in [2.24, 2.45) is 17.8 Å². The minimum Gasteiger partial charge on any atom is -0.424 e. The standard InChI is InChI=1S/C23H26ClFN6O2/c1-14-5-22(27-12-26-14)30-10-15-3-4-16(11-30)20(15)9-21-28-23(31(29-21)13-32-2)33-19-7-17(24)6-18(25)8-19/h5-8,12,15-16,20H,3-4,9-11,13H2,1-2H3. The summed E-state index contributed by atoms with van der Waals surface area (Å²) >= 11 is 5.96. The van der Waals surface area contributed by atoms with Crippen molar-refractivity contribution in [2.75, 3.05) is 25.1 Å². The summed E-state index contributed by atoms with van der Waals surface area (Å²) in [6.07, 6.45) is 4.79. The minimum absolute atomic E-state index is 0.184. The van der Waals surface area contributed by atoms with Gasteiger partial charge in [0.25, 0.3) is 0 Å². The largest absolute Gasteiger partial charge is 0.424 e. The molecular formula is C23H26ClFN6O2. The van der Waals surface area contributed by atoms with Crippen LogP contribution in [0.3, 0.4) is 0 Å². The Morgan fingerprint density at radius 3 is 2.61 bits per heavy atom. The Balaban J connectivity index is 1.32. The quantitative estimate of drug-likeness (QED) is 0.508. The zero-order chi connectivity index (χ0) is 22.9. The van der Waals surface area contributed by atoms with E-state index in [0.29, 0.717) is 23.6 Å². The highest BCUT2D eigenvalue weighted by molar-refractivity contribution is 6.30. The predicted molar refractivity (Wildman–Crippen MR) is 121 cm³/mol. The zero-order valence-corrected chi connectivity index (χ0v) is 19.4. The zero-order valence-electron chi connectivity index (χ0n) is 18.6. The molecule has 1 aliphatic carbocycles. The SMILES string of the molecule is COCn1nc(CC2C3CCC2CN(c2cc(C)ncn2)C3)nc1Oc1cc(F)cc(Cl)c1. The van der Waals surface area contributed by atoms with Crippen molar-refractivity contribution >= 4 is 17.4 Å². The molecule has 0 amide bonds. The third kappa shape index (κ3) is 4.79. The molecule has 5 rings (SSSR count). The fourth-order valence-corrected chi connectivity index (χ4v) is 5.33. The minimum atomic E-state index is -0.474. The summed E-state index contributed by atoms with van der Waals surface area (Å²) in [4.78, 5) is 15.7. The normalized spacial score (nSPS) is 22.1. The number of anilines is 1. The van der Waals surface area contributed by atoms with E-state index in [0.717, 1.165) is 31.0 Å². The van der Waals surface area contributed by atoms with Crippen molar-refractivity contribution in [3.8, 4) is 11.8 Å². The van der Waals surface area contributed by atoms with E-state index in [1.54, 1.807) is 24.2 Å². The van der Waals surface area contributed by atoms with Crippen LogP contribution in [0, 0.1) is 30.5 Å². The molecule has 33 heavy (non-hydrogen) atoms. The van der Waals surface area contributed by atoms with Gasteiger partial charge >= 0.3 is 6.01 Å². The van der Waals surface area contributed by atoms with Gasteiger partial charge in [-0.15, -0.1) is 0 Å². The number of nitrogens with zero attached hydrogens (tertiary/aromatic N) is 6. The maximum atomic E-state index is 13.7. The molecule has 2 fully saturated rings. The number of halogens is 2. The number of rotatable bonds is 7. The van der Waals surface area contributed by atoms with Gasteiger partial charge in [-0.1, -0.05) is 11.6 Å². The van der Waals surface area contributed by atoms with Gasteiger partial charge in [0.05, 0.1) is 0 Å². The molecular weight excluding hydrogens is 447 g/mol. The number of hydrogen-bond acceptors (Lipinski definition) is 7. The highest BCUT2D eigenvalue weighted by atomic mass is 35.5. The smallest absolute Gasteiger partial charge is 0.322 e. The number of fused-ring (bicyclic) bond motifs is 2. The third-order valence-electron chi connectivity index (χ3n) is 6.54. The van der Waals surface area contributed by atoms with Crippen LogP contribution in [0.1, 0.15) is 24.4 Å². The Labute approximate surface area is 196 Å². The number of aryl methyl sites for hydroxylation is 1. The number of hydrogen-bond donors (Lipinski definition) is 0. The Kier molecular flexibility index (Phi) is 6.16. The Bertz CT molecular complexity index is 1110. The van der Waals surface area contributed by atoms with Crippen molar-refractivity contribution in [1.82, 2.24) is 24.7 Å². The molecule has 0 N–H and O–H groups in total. The van der Waals surface area contributed by atoms with Crippen molar-refractivity contribution in [2.45, 2.75) is 32.9 Å². The van der Waals surface area contributed by atoms with Gasteiger partial charge in [-0.3, -0.25) is 0 Å². The van der Waals surface area contributed by atoms with E-state index in [1.165, 1.54) is 25.0 Å². The van der Waals surface area contributed by atoms with E-state index in [2.05, 4.69) is 31.0 Å². The second-order valence-corrected chi connectivity index (χ2v) is 9.26. The van der Waals surface area contributed by atoms with Gasteiger partial charge in [0.2, 0.25) is 0 Å². The average molecular weight is 473 g/mol. The van der Waals surface area contributed by atoms with Gasteiger partial charge in [-0.25, -0.2) is 14.4 Å². The van der Waals surface area contributed by atoms with Crippen LogP contribution in [-0.4, -0.2) is 44.9 Å². The maximum absolute atomic E-state index is 13.7. The lowest BCUT2D eigenvalue weighted by atomic mass is 9.82. The lowest BCUT2D eigenvalue weighted by Crippen LogP contribution is -2.43. The molecule has 1 aromatic carbocycles. The van der Waals surface area contributed by atoms with Crippen molar-refractivity contribution in [3.05, 3.63) is 53.0 Å². The number of ether oxygens (including phenoxy) is 2. The van der Waals surface area contributed by atoms with E-state index in [4.69, 9.17) is 21.1 Å². The van der Waals surface area contributed by atoms with Crippen LogP contribution in [0.5, 0.6) is 11.8 Å². The molecule has 2 atom stereocenters. The fraction of sp³-hybridized carbons (Fsp3) is 0.478. The second kappa shape index (κ2) is 9.23. The van der Waals surface area contributed by atoms with Crippen LogP contribution < -0.4 is 9.64 Å². The van der Waals surface area contributed by atoms with E-state index >= 15 is 0 Å². The van der Waals surface area contributed by atoms with Gasteiger partial charge in [0.15, 0.2) is 5.82 Å². The summed E-state index contributed by atoms with van der Waals surface area (Å²) in [7, 11) is 1.58. The summed E-state index contributed by atoms with van der Waals surface area (Å²) in [5.74, 6) is 3.11. The summed E-state index contributed by atoms with van der Waals surface area (Å²) in [6, 6.07) is 6.35. The summed E-state index contributed by atoms with van der Waals surface area (Å²) in [5.41, 5.74) is 0.981. The number of aromatic nitrogens is 5. The highest BCUT2D eigenvalue weighted by Gasteiger charge is 2.42. The summed E-state index contributed by atoms with van der Waals surface area (Å²) in [6.45, 7) is 4.12. The van der Waals surface area contributed by atoms with E-state index in [9.17, 15) is 4.39 Å². The first-order valence-electron chi connectivity index (χ1n) is 11.1. The van der Waals surface area contributed by atoms with Crippen LogP contribution in [0.4, 0.5) is 10.2 Å². The molecule has 3 heterocycles. The molecule has 10 heteroatoms. The second-order valence-electron chi connectivity index (χ2n) is 8.82. The number of benzene rings is 1. The first kappa shape index (κ1) is 22.0. The number of methoxy groups -OCH3 is 1.